The van der Waals surface area contributed by atoms with E-state index in [2.05, 4.69) is 10.3 Å². The number of hydrogen-bond donors (Lipinski definition) is 1. The molecule has 0 atom stereocenters. The molecular weight excluding hydrogens is 361 g/mol. The number of fused-ring (bicyclic) bond motifs is 1. The molecule has 3 heterocycles. The zero-order valence-corrected chi connectivity index (χ0v) is 14.8. The van der Waals surface area contributed by atoms with Crippen molar-refractivity contribution in [3.8, 4) is 0 Å². The number of carbonyl (C=O) groups excluding carboxylic acids is 1. The summed E-state index contributed by atoms with van der Waals surface area (Å²) in [6.07, 6.45) is 3.10. The molecule has 7 heteroatoms. The normalized spacial score (nSPS) is 10.9. The first kappa shape index (κ1) is 17.7. The third-order valence-corrected chi connectivity index (χ3v) is 4.35. The van der Waals surface area contributed by atoms with Crippen LogP contribution in [0.5, 0.6) is 0 Å². The van der Waals surface area contributed by atoms with Gasteiger partial charge in [-0.25, -0.2) is 9.37 Å². The number of amides is 1. The second-order valence-corrected chi connectivity index (χ2v) is 6.25. The Morgan fingerprint density at radius 2 is 1.96 bits per heavy atom. The molecule has 0 fully saturated rings. The molecule has 4 aromatic rings. The number of nitrogens with one attached hydrogen (secondary N) is 1. The Balaban J connectivity index is 1.73. The lowest BCUT2D eigenvalue weighted by molar-refractivity contribution is 0.0946. The third-order valence-electron chi connectivity index (χ3n) is 4.35. The van der Waals surface area contributed by atoms with Gasteiger partial charge in [0, 0.05) is 11.6 Å². The summed E-state index contributed by atoms with van der Waals surface area (Å²) in [6, 6.07) is 14.4. The van der Waals surface area contributed by atoms with Gasteiger partial charge in [0.15, 0.2) is 0 Å². The van der Waals surface area contributed by atoms with Gasteiger partial charge in [0.2, 0.25) is 0 Å². The quantitative estimate of drug-likeness (QED) is 0.580. The molecule has 0 radical (unpaired) electrons. The molecule has 140 valence electrons. The number of pyridine rings is 2. The molecule has 28 heavy (non-hydrogen) atoms. The Morgan fingerprint density at radius 3 is 2.71 bits per heavy atom. The van der Waals surface area contributed by atoms with Gasteiger partial charge in [-0.1, -0.05) is 12.1 Å². The Hall–Kier alpha value is -3.74. The predicted octanol–water partition coefficient (Wildman–Crippen LogP) is 3.11. The number of rotatable bonds is 5. The molecule has 3 aromatic heterocycles. The molecule has 1 N–H and O–H groups in total. The molecular formula is C21H16FN3O3. The fourth-order valence-electron chi connectivity index (χ4n) is 2.96. The van der Waals surface area contributed by atoms with Crippen LogP contribution in [0.4, 0.5) is 4.39 Å². The lowest BCUT2D eigenvalue weighted by atomic mass is 10.1. The molecule has 6 nitrogen and oxygen atoms in total. The molecule has 0 aliphatic rings. The maximum Gasteiger partial charge on any atom is 0.265 e. The van der Waals surface area contributed by atoms with Gasteiger partial charge in [-0.2, -0.15) is 0 Å². The standard InChI is InChI=1S/C21H16FN3O3/c22-16-7-5-14(6-8-16)13-25-19-15(3-1-9-23-19)11-18(21(25)27)20(26)24-12-17-4-2-10-28-17/h1-11H,12-13H2,(H,24,26). The van der Waals surface area contributed by atoms with Gasteiger partial charge < -0.3 is 9.73 Å². The largest absolute Gasteiger partial charge is 0.467 e. The summed E-state index contributed by atoms with van der Waals surface area (Å²) in [5.41, 5.74) is 0.727. The van der Waals surface area contributed by atoms with E-state index in [1.54, 1.807) is 42.6 Å². The highest BCUT2D eigenvalue weighted by Gasteiger charge is 2.17. The van der Waals surface area contributed by atoms with Crippen molar-refractivity contribution in [2.75, 3.05) is 0 Å². The summed E-state index contributed by atoms with van der Waals surface area (Å²) in [5, 5.41) is 3.35. The first-order chi connectivity index (χ1) is 13.6. The third kappa shape index (κ3) is 3.55. The number of benzene rings is 1. The van der Waals surface area contributed by atoms with E-state index in [-0.39, 0.29) is 24.5 Å². The number of nitrogens with zero attached hydrogens (tertiary/aromatic N) is 2. The summed E-state index contributed by atoms with van der Waals surface area (Å²) in [7, 11) is 0. The van der Waals surface area contributed by atoms with Crippen molar-refractivity contribution in [2.45, 2.75) is 13.1 Å². The maximum atomic E-state index is 13.2. The van der Waals surface area contributed by atoms with Gasteiger partial charge in [-0.15, -0.1) is 0 Å². The van der Waals surface area contributed by atoms with E-state index in [0.717, 1.165) is 5.56 Å². The van der Waals surface area contributed by atoms with E-state index in [9.17, 15) is 14.0 Å². The van der Waals surface area contributed by atoms with Gasteiger partial charge in [0.25, 0.3) is 11.5 Å². The van der Waals surface area contributed by atoms with Crippen LogP contribution >= 0.6 is 0 Å². The lowest BCUT2D eigenvalue weighted by Crippen LogP contribution is -2.33. The second-order valence-electron chi connectivity index (χ2n) is 6.25. The summed E-state index contributed by atoms with van der Waals surface area (Å²) in [6.45, 7) is 0.347. The zero-order chi connectivity index (χ0) is 19.5. The van der Waals surface area contributed by atoms with Crippen LogP contribution in [0.15, 0.2) is 76.3 Å². The van der Waals surface area contributed by atoms with Crippen molar-refractivity contribution in [2.24, 2.45) is 0 Å². The molecule has 4 rings (SSSR count). The first-order valence-electron chi connectivity index (χ1n) is 8.65. The van der Waals surface area contributed by atoms with Gasteiger partial charge in [-0.3, -0.25) is 14.2 Å². The number of carbonyl (C=O) groups is 1. The van der Waals surface area contributed by atoms with Crippen molar-refractivity contribution >= 4 is 16.9 Å². The van der Waals surface area contributed by atoms with Crippen molar-refractivity contribution in [3.05, 3.63) is 100 Å². The van der Waals surface area contributed by atoms with Crippen LogP contribution in [0.2, 0.25) is 0 Å². The van der Waals surface area contributed by atoms with Crippen LogP contribution in [-0.4, -0.2) is 15.5 Å². The fraction of sp³-hybridized carbons (Fsp3) is 0.0952. The Bertz CT molecular complexity index is 1180. The predicted molar refractivity (Wildman–Crippen MR) is 101 cm³/mol. The van der Waals surface area contributed by atoms with Gasteiger partial charge in [-0.05, 0) is 48.0 Å². The number of halogens is 1. The van der Waals surface area contributed by atoms with Crippen LogP contribution < -0.4 is 10.9 Å². The Labute approximate surface area is 159 Å². The van der Waals surface area contributed by atoms with Gasteiger partial charge in [0.1, 0.15) is 22.8 Å². The average Bonchev–Trinajstić information content (AvgIpc) is 3.23. The minimum atomic E-state index is -0.500. The van der Waals surface area contributed by atoms with Crippen LogP contribution in [0.3, 0.4) is 0 Å². The van der Waals surface area contributed by atoms with Crippen LogP contribution in [0.1, 0.15) is 21.7 Å². The van der Waals surface area contributed by atoms with Crippen molar-refractivity contribution in [1.29, 1.82) is 0 Å². The van der Waals surface area contributed by atoms with Crippen molar-refractivity contribution in [1.82, 2.24) is 14.9 Å². The van der Waals surface area contributed by atoms with Crippen molar-refractivity contribution < 1.29 is 13.6 Å². The van der Waals surface area contributed by atoms with E-state index >= 15 is 0 Å². The molecule has 0 saturated heterocycles. The molecule has 0 unspecified atom stereocenters. The molecule has 0 bridgehead atoms. The summed E-state index contributed by atoms with van der Waals surface area (Å²) >= 11 is 0. The minimum absolute atomic E-state index is 0.00849. The number of hydrogen-bond acceptors (Lipinski definition) is 4. The van der Waals surface area contributed by atoms with E-state index in [1.165, 1.54) is 29.0 Å². The van der Waals surface area contributed by atoms with Gasteiger partial charge in [0.05, 0.1) is 19.4 Å². The molecule has 1 amide bonds. The molecule has 0 aliphatic heterocycles. The minimum Gasteiger partial charge on any atom is -0.467 e. The Morgan fingerprint density at radius 1 is 1.14 bits per heavy atom. The molecule has 0 aliphatic carbocycles. The number of furan rings is 1. The highest BCUT2D eigenvalue weighted by Crippen LogP contribution is 2.13. The lowest BCUT2D eigenvalue weighted by Gasteiger charge is -2.12. The monoisotopic (exact) mass is 377 g/mol. The topological polar surface area (TPSA) is 77.1 Å². The highest BCUT2D eigenvalue weighted by atomic mass is 19.1. The Kier molecular flexibility index (Phi) is 4.72. The van der Waals surface area contributed by atoms with Crippen LogP contribution in [-0.2, 0) is 13.1 Å². The smallest absolute Gasteiger partial charge is 0.265 e. The average molecular weight is 377 g/mol. The van der Waals surface area contributed by atoms with E-state index in [0.29, 0.717) is 16.8 Å². The van der Waals surface area contributed by atoms with Crippen LogP contribution in [0.25, 0.3) is 11.0 Å². The summed E-state index contributed by atoms with van der Waals surface area (Å²) in [5.74, 6) is -0.271. The van der Waals surface area contributed by atoms with E-state index in [1.807, 2.05) is 0 Å². The highest BCUT2D eigenvalue weighted by molar-refractivity contribution is 5.96. The summed E-state index contributed by atoms with van der Waals surface area (Å²) < 4.78 is 19.8. The van der Waals surface area contributed by atoms with Crippen LogP contribution in [0, 0.1) is 5.82 Å². The number of aromatic nitrogens is 2. The molecule has 0 saturated carbocycles. The molecule has 1 aromatic carbocycles. The zero-order valence-electron chi connectivity index (χ0n) is 14.8. The van der Waals surface area contributed by atoms with Gasteiger partial charge >= 0.3 is 0 Å². The molecule has 0 spiro atoms. The summed E-state index contributed by atoms with van der Waals surface area (Å²) in [4.78, 5) is 29.9. The second kappa shape index (κ2) is 7.48. The van der Waals surface area contributed by atoms with Crippen molar-refractivity contribution in [3.63, 3.8) is 0 Å². The van der Waals surface area contributed by atoms with E-state index in [4.69, 9.17) is 4.42 Å². The maximum absolute atomic E-state index is 13.2. The SMILES string of the molecule is O=C(NCc1ccco1)c1cc2cccnc2n(Cc2ccc(F)cc2)c1=O. The first-order valence-corrected chi connectivity index (χ1v) is 8.65. The fourth-order valence-corrected chi connectivity index (χ4v) is 2.96. The van der Waals surface area contributed by atoms with E-state index < -0.39 is 11.5 Å².